The Kier molecular flexibility index (Phi) is 4.65. The van der Waals surface area contributed by atoms with Gasteiger partial charge in [-0.05, 0) is 6.92 Å². The van der Waals surface area contributed by atoms with Crippen LogP contribution in [0, 0.1) is 7.05 Å². The van der Waals surface area contributed by atoms with E-state index in [4.69, 9.17) is 4.74 Å². The molecule has 10 heavy (non-hydrogen) atoms. The molecule has 0 aromatic rings. The second kappa shape index (κ2) is 4.69. The van der Waals surface area contributed by atoms with Crippen LogP contribution in [0.4, 0.5) is 0 Å². The lowest BCUT2D eigenvalue weighted by atomic mass is 10.4. The summed E-state index contributed by atoms with van der Waals surface area (Å²) in [4.78, 5) is 0. The van der Waals surface area contributed by atoms with Gasteiger partial charge in [0.1, 0.15) is 0 Å². The van der Waals surface area contributed by atoms with E-state index >= 15 is 0 Å². The van der Waals surface area contributed by atoms with Crippen molar-refractivity contribution in [3.05, 3.63) is 7.05 Å². The van der Waals surface area contributed by atoms with Crippen LogP contribution < -0.4 is 0 Å². The first-order chi connectivity index (χ1) is 4.56. The molecular weight excluding hydrogens is 126 g/mol. The highest BCUT2D eigenvalue weighted by Gasteiger charge is 1.98. The van der Waals surface area contributed by atoms with Gasteiger partial charge in [-0.25, -0.2) is 0 Å². The minimum Gasteiger partial charge on any atom is -0.462 e. The van der Waals surface area contributed by atoms with Gasteiger partial charge in [-0.15, -0.1) is 7.05 Å². The molecule has 2 nitrogen and oxygen atoms in total. The third-order valence-electron chi connectivity index (χ3n) is 1.26. The summed E-state index contributed by atoms with van der Waals surface area (Å²) in [6.45, 7) is 4.79. The van der Waals surface area contributed by atoms with Crippen LogP contribution in [0.15, 0.2) is 0 Å². The Morgan fingerprint density at radius 3 is 2.40 bits per heavy atom. The van der Waals surface area contributed by atoms with Gasteiger partial charge in [-0.2, -0.15) is 0 Å². The van der Waals surface area contributed by atoms with Crippen LogP contribution in [0.3, 0.4) is 0 Å². The summed E-state index contributed by atoms with van der Waals surface area (Å²) in [5.74, 6) is 0. The maximum Gasteiger partial charge on any atom is 0.0563 e. The van der Waals surface area contributed by atoms with Crippen molar-refractivity contribution < 1.29 is 9.22 Å². The molecule has 0 aliphatic heterocycles. The van der Waals surface area contributed by atoms with E-state index in [1.807, 2.05) is 6.92 Å². The lowest BCUT2D eigenvalue weighted by Crippen LogP contribution is -2.33. The van der Waals surface area contributed by atoms with Crippen LogP contribution >= 0.6 is 0 Å². The van der Waals surface area contributed by atoms with Gasteiger partial charge in [0.05, 0.1) is 13.2 Å². The quantitative estimate of drug-likeness (QED) is 0.322. The summed E-state index contributed by atoms with van der Waals surface area (Å²) in [5, 5.41) is 0. The lowest BCUT2D eigenvalue weighted by molar-refractivity contribution is -0.845. The first-order valence-corrected chi connectivity index (χ1v) is 3.81. The van der Waals surface area contributed by atoms with Crippen LogP contribution in [-0.4, -0.2) is 38.3 Å². The smallest absolute Gasteiger partial charge is 0.0563 e. The molecule has 0 aliphatic rings. The minimum atomic E-state index is 0.785. The average molecular weight is 145 g/mol. The molecule has 0 aliphatic carbocycles. The molecule has 0 amide bonds. The van der Waals surface area contributed by atoms with Gasteiger partial charge < -0.3 is 9.22 Å². The monoisotopic (exact) mass is 145 g/mol. The van der Waals surface area contributed by atoms with Crippen LogP contribution in [0.25, 0.3) is 0 Å². The number of hydrogen-bond donors (Lipinski definition) is 0. The second-order valence-electron chi connectivity index (χ2n) is 3.21. The summed E-state index contributed by atoms with van der Waals surface area (Å²) in [5.41, 5.74) is 0. The topological polar surface area (TPSA) is 9.23 Å². The third-order valence-corrected chi connectivity index (χ3v) is 1.26. The largest absolute Gasteiger partial charge is 0.462 e. The maximum atomic E-state index is 5.19. The zero-order valence-corrected chi connectivity index (χ0v) is 7.39. The van der Waals surface area contributed by atoms with Crippen molar-refractivity contribution in [3.8, 4) is 0 Å². The molecule has 0 saturated heterocycles. The Bertz CT molecular complexity index is 75.8. The fourth-order valence-electron chi connectivity index (χ4n) is 0.739. The zero-order chi connectivity index (χ0) is 8.04. The van der Waals surface area contributed by atoms with Crippen LogP contribution in [0.2, 0.25) is 0 Å². The maximum absolute atomic E-state index is 5.19. The third kappa shape index (κ3) is 7.92. The standard InChI is InChI=1S/C8H19NO/c1-5-10-8-6-7-9(2,3)4/h2,5-8H2,1,3-4H3. The molecule has 62 valence electrons. The summed E-state index contributed by atoms with van der Waals surface area (Å²) < 4.78 is 5.98. The van der Waals surface area contributed by atoms with Gasteiger partial charge in [0.25, 0.3) is 0 Å². The predicted molar refractivity (Wildman–Crippen MR) is 43.4 cm³/mol. The van der Waals surface area contributed by atoms with Crippen molar-refractivity contribution in [2.75, 3.05) is 33.9 Å². The molecule has 0 bridgehead atoms. The predicted octanol–water partition coefficient (Wildman–Crippen LogP) is 1.28. The lowest BCUT2D eigenvalue weighted by Gasteiger charge is -2.32. The molecule has 0 atom stereocenters. The van der Waals surface area contributed by atoms with Gasteiger partial charge in [-0.1, -0.05) is 0 Å². The molecule has 0 aromatic heterocycles. The Hall–Kier alpha value is -0.0800. The summed E-state index contributed by atoms with van der Waals surface area (Å²) in [6.07, 6.45) is 1.10. The van der Waals surface area contributed by atoms with E-state index in [1.54, 1.807) is 0 Å². The van der Waals surface area contributed by atoms with Gasteiger partial charge in [0.2, 0.25) is 0 Å². The number of nitrogens with zero attached hydrogens (tertiary/aromatic N) is 1. The molecule has 2 heteroatoms. The molecule has 0 N–H and O–H groups in total. The van der Waals surface area contributed by atoms with Crippen LogP contribution in [0.5, 0.6) is 0 Å². The molecule has 0 heterocycles. The van der Waals surface area contributed by atoms with Crippen molar-refractivity contribution in [2.45, 2.75) is 13.3 Å². The Morgan fingerprint density at radius 1 is 1.40 bits per heavy atom. The van der Waals surface area contributed by atoms with Gasteiger partial charge in [0, 0.05) is 27.1 Å². The fraction of sp³-hybridized carbons (Fsp3) is 0.875. The average Bonchev–Trinajstić information content (AvgIpc) is 1.78. The highest BCUT2D eigenvalue weighted by Crippen LogP contribution is 1.95. The second-order valence-corrected chi connectivity index (χ2v) is 3.21. The van der Waals surface area contributed by atoms with E-state index in [-0.39, 0.29) is 0 Å². The van der Waals surface area contributed by atoms with Crippen LogP contribution in [0.1, 0.15) is 13.3 Å². The van der Waals surface area contributed by atoms with Crippen molar-refractivity contribution in [1.29, 1.82) is 0 Å². The highest BCUT2D eigenvalue weighted by atomic mass is 16.5. The Labute approximate surface area is 64.4 Å². The molecule has 0 saturated carbocycles. The van der Waals surface area contributed by atoms with Crippen molar-refractivity contribution in [2.24, 2.45) is 0 Å². The first-order valence-electron chi connectivity index (χ1n) is 3.81. The molecule has 0 rings (SSSR count). The molecule has 0 radical (unpaired) electrons. The van der Waals surface area contributed by atoms with E-state index in [9.17, 15) is 0 Å². The number of hydrogen-bond acceptors (Lipinski definition) is 1. The van der Waals surface area contributed by atoms with E-state index in [0.717, 1.165) is 30.7 Å². The Morgan fingerprint density at radius 2 is 2.00 bits per heavy atom. The van der Waals surface area contributed by atoms with Crippen molar-refractivity contribution >= 4 is 0 Å². The van der Waals surface area contributed by atoms with E-state index < -0.39 is 0 Å². The van der Waals surface area contributed by atoms with Crippen LogP contribution in [-0.2, 0) is 4.74 Å². The normalized spacial score (nSPS) is 12.0. The highest BCUT2D eigenvalue weighted by molar-refractivity contribution is 4.34. The van der Waals surface area contributed by atoms with Crippen molar-refractivity contribution in [1.82, 2.24) is 0 Å². The zero-order valence-electron chi connectivity index (χ0n) is 7.39. The molecule has 0 aromatic carbocycles. The number of ether oxygens (including phenoxy) is 1. The fourth-order valence-corrected chi connectivity index (χ4v) is 0.739. The van der Waals surface area contributed by atoms with Gasteiger partial charge >= 0.3 is 0 Å². The summed E-state index contributed by atoms with van der Waals surface area (Å²) in [6, 6.07) is 0. The molecule has 0 fully saturated rings. The SMILES string of the molecule is [CH2-][N+](C)(C)CCCOCC. The number of rotatable bonds is 5. The van der Waals surface area contributed by atoms with Gasteiger partial charge in [-0.3, -0.25) is 0 Å². The summed E-state index contributed by atoms with van der Waals surface area (Å²) >= 11 is 0. The first kappa shape index (κ1) is 9.92. The molecule has 0 unspecified atom stereocenters. The van der Waals surface area contributed by atoms with Crippen molar-refractivity contribution in [3.63, 3.8) is 0 Å². The summed E-state index contributed by atoms with van der Waals surface area (Å²) in [7, 11) is 8.13. The molecule has 0 spiro atoms. The van der Waals surface area contributed by atoms with E-state index in [2.05, 4.69) is 21.1 Å². The van der Waals surface area contributed by atoms with E-state index in [1.165, 1.54) is 0 Å². The molecular formula is C8H19NO. The Balaban J connectivity index is 3.04. The van der Waals surface area contributed by atoms with E-state index in [0.29, 0.717) is 0 Å². The minimum absolute atomic E-state index is 0.785. The van der Waals surface area contributed by atoms with Gasteiger partial charge in [0.15, 0.2) is 0 Å². The number of quaternary nitrogens is 1.